The lowest BCUT2D eigenvalue weighted by Crippen LogP contribution is -2.07. The first-order valence-corrected chi connectivity index (χ1v) is 5.47. The Bertz CT molecular complexity index is 345. The lowest BCUT2D eigenvalue weighted by Gasteiger charge is -2.00. The Morgan fingerprint density at radius 3 is 2.60 bits per heavy atom. The third kappa shape index (κ3) is 1.89. The highest BCUT2D eigenvalue weighted by Crippen LogP contribution is 2.54. The maximum atomic E-state index is 11.6. The highest BCUT2D eigenvalue weighted by molar-refractivity contribution is 5.78. The number of rotatable bonds is 3. The molecular formula is C13H16O2. The van der Waals surface area contributed by atoms with E-state index in [1.807, 2.05) is 25.1 Å². The Kier molecular flexibility index (Phi) is 2.76. The van der Waals surface area contributed by atoms with Gasteiger partial charge in [0.1, 0.15) is 0 Å². The normalized spacial score (nSPS) is 28.5. The van der Waals surface area contributed by atoms with E-state index in [0.717, 1.165) is 0 Å². The van der Waals surface area contributed by atoms with Gasteiger partial charge in [0.2, 0.25) is 0 Å². The SMILES string of the molecule is CCOC(=O)[C@@H]1[C@H](C)[C@@H]1c1ccccc1. The van der Waals surface area contributed by atoms with Crippen LogP contribution in [0.5, 0.6) is 0 Å². The molecule has 0 spiro atoms. The van der Waals surface area contributed by atoms with Gasteiger partial charge < -0.3 is 4.74 Å². The van der Waals surface area contributed by atoms with E-state index >= 15 is 0 Å². The molecule has 0 radical (unpaired) electrons. The van der Waals surface area contributed by atoms with Crippen LogP contribution in [0.4, 0.5) is 0 Å². The van der Waals surface area contributed by atoms with Crippen LogP contribution in [-0.4, -0.2) is 12.6 Å². The molecule has 3 atom stereocenters. The van der Waals surface area contributed by atoms with E-state index in [0.29, 0.717) is 18.4 Å². The van der Waals surface area contributed by atoms with Crippen molar-refractivity contribution in [3.8, 4) is 0 Å². The third-order valence-corrected chi connectivity index (χ3v) is 3.12. The number of benzene rings is 1. The second-order valence-electron chi connectivity index (χ2n) is 4.07. The van der Waals surface area contributed by atoms with E-state index in [1.165, 1.54) is 5.56 Å². The smallest absolute Gasteiger partial charge is 0.309 e. The minimum Gasteiger partial charge on any atom is -0.466 e. The maximum absolute atomic E-state index is 11.6. The lowest BCUT2D eigenvalue weighted by molar-refractivity contribution is -0.145. The molecule has 2 heteroatoms. The molecule has 0 N–H and O–H groups in total. The minimum absolute atomic E-state index is 0.0427. The Labute approximate surface area is 90.3 Å². The molecule has 1 aliphatic rings. The Hall–Kier alpha value is -1.31. The molecule has 0 saturated heterocycles. The number of carbonyl (C=O) groups is 1. The van der Waals surface area contributed by atoms with Crippen molar-refractivity contribution < 1.29 is 9.53 Å². The molecule has 0 amide bonds. The zero-order valence-electron chi connectivity index (χ0n) is 9.14. The molecule has 0 unspecified atom stereocenters. The van der Waals surface area contributed by atoms with Crippen LogP contribution in [0.1, 0.15) is 25.3 Å². The van der Waals surface area contributed by atoms with Crippen LogP contribution in [0.3, 0.4) is 0 Å². The fraction of sp³-hybridized carbons (Fsp3) is 0.462. The summed E-state index contributed by atoms with van der Waals surface area (Å²) in [5.74, 6) is 0.822. The summed E-state index contributed by atoms with van der Waals surface area (Å²) >= 11 is 0. The topological polar surface area (TPSA) is 26.3 Å². The monoisotopic (exact) mass is 204 g/mol. The van der Waals surface area contributed by atoms with Crippen molar-refractivity contribution in [3.05, 3.63) is 35.9 Å². The molecule has 0 bridgehead atoms. The molecule has 1 fully saturated rings. The van der Waals surface area contributed by atoms with E-state index in [-0.39, 0.29) is 11.9 Å². The second kappa shape index (κ2) is 4.05. The molecule has 0 aromatic heterocycles. The zero-order valence-corrected chi connectivity index (χ0v) is 9.14. The van der Waals surface area contributed by atoms with Gasteiger partial charge in [0.05, 0.1) is 12.5 Å². The van der Waals surface area contributed by atoms with Gasteiger partial charge in [-0.15, -0.1) is 0 Å². The number of esters is 1. The summed E-state index contributed by atoms with van der Waals surface area (Å²) in [5, 5.41) is 0. The van der Waals surface area contributed by atoms with E-state index in [9.17, 15) is 4.79 Å². The second-order valence-corrected chi connectivity index (χ2v) is 4.07. The van der Waals surface area contributed by atoms with Crippen molar-refractivity contribution in [2.75, 3.05) is 6.61 Å². The molecule has 2 nitrogen and oxygen atoms in total. The van der Waals surface area contributed by atoms with Crippen molar-refractivity contribution in [1.82, 2.24) is 0 Å². The van der Waals surface area contributed by atoms with Crippen molar-refractivity contribution in [2.24, 2.45) is 11.8 Å². The van der Waals surface area contributed by atoms with Crippen LogP contribution < -0.4 is 0 Å². The van der Waals surface area contributed by atoms with Gasteiger partial charge in [-0.1, -0.05) is 37.3 Å². The van der Waals surface area contributed by atoms with Crippen molar-refractivity contribution in [3.63, 3.8) is 0 Å². The first-order valence-electron chi connectivity index (χ1n) is 5.47. The molecular weight excluding hydrogens is 188 g/mol. The summed E-state index contributed by atoms with van der Waals surface area (Å²) < 4.78 is 5.05. The molecule has 1 saturated carbocycles. The van der Waals surface area contributed by atoms with Gasteiger partial charge in [0.25, 0.3) is 0 Å². The van der Waals surface area contributed by atoms with Gasteiger partial charge in [-0.05, 0) is 18.4 Å². The largest absolute Gasteiger partial charge is 0.466 e. The number of carbonyl (C=O) groups excluding carboxylic acids is 1. The molecule has 80 valence electrons. The predicted molar refractivity (Wildman–Crippen MR) is 58.5 cm³/mol. The molecule has 0 heterocycles. The fourth-order valence-electron chi connectivity index (χ4n) is 2.25. The molecule has 1 aromatic rings. The van der Waals surface area contributed by atoms with Crippen LogP contribution in [0.25, 0.3) is 0 Å². The van der Waals surface area contributed by atoms with Crippen molar-refractivity contribution >= 4 is 5.97 Å². The lowest BCUT2D eigenvalue weighted by atomic mass is 10.1. The summed E-state index contributed by atoms with van der Waals surface area (Å²) in [5.41, 5.74) is 1.25. The first-order chi connectivity index (χ1) is 7.25. The quantitative estimate of drug-likeness (QED) is 0.707. The minimum atomic E-state index is -0.0427. The molecule has 1 aromatic carbocycles. The Morgan fingerprint density at radius 1 is 1.33 bits per heavy atom. The Balaban J connectivity index is 2.06. The summed E-state index contributed by atoms with van der Waals surface area (Å²) in [6, 6.07) is 10.2. The van der Waals surface area contributed by atoms with E-state index in [4.69, 9.17) is 4.74 Å². The molecule has 1 aliphatic carbocycles. The van der Waals surface area contributed by atoms with E-state index in [1.54, 1.807) is 0 Å². The molecule has 15 heavy (non-hydrogen) atoms. The average Bonchev–Trinajstić information content (AvgIpc) is 2.92. The van der Waals surface area contributed by atoms with Crippen LogP contribution in [0.2, 0.25) is 0 Å². The van der Waals surface area contributed by atoms with Crippen LogP contribution in [0.15, 0.2) is 30.3 Å². The van der Waals surface area contributed by atoms with E-state index < -0.39 is 0 Å². The molecule has 0 aliphatic heterocycles. The standard InChI is InChI=1S/C13H16O2/c1-3-15-13(14)12-9(2)11(12)10-7-5-4-6-8-10/h4-9,11-12H,3H2,1-2H3/t9-,11-,12-/m1/s1. The molecule has 2 rings (SSSR count). The number of hydrogen-bond donors (Lipinski definition) is 0. The fourth-order valence-corrected chi connectivity index (χ4v) is 2.25. The highest BCUT2D eigenvalue weighted by Gasteiger charge is 2.53. The third-order valence-electron chi connectivity index (χ3n) is 3.12. The van der Waals surface area contributed by atoms with Crippen molar-refractivity contribution in [2.45, 2.75) is 19.8 Å². The number of hydrogen-bond acceptors (Lipinski definition) is 2. The predicted octanol–water partition coefficient (Wildman–Crippen LogP) is 2.60. The van der Waals surface area contributed by atoms with Gasteiger partial charge in [0.15, 0.2) is 0 Å². The first kappa shape index (κ1) is 10.2. The average molecular weight is 204 g/mol. The summed E-state index contributed by atoms with van der Waals surface area (Å²) in [6.45, 7) is 4.44. The van der Waals surface area contributed by atoms with Crippen LogP contribution in [-0.2, 0) is 9.53 Å². The summed E-state index contributed by atoms with van der Waals surface area (Å²) in [6.07, 6.45) is 0. The highest BCUT2D eigenvalue weighted by atomic mass is 16.5. The van der Waals surface area contributed by atoms with Crippen molar-refractivity contribution in [1.29, 1.82) is 0 Å². The van der Waals surface area contributed by atoms with Gasteiger partial charge in [-0.25, -0.2) is 0 Å². The van der Waals surface area contributed by atoms with Gasteiger partial charge in [-0.2, -0.15) is 0 Å². The zero-order chi connectivity index (χ0) is 10.8. The van der Waals surface area contributed by atoms with Gasteiger partial charge in [0, 0.05) is 5.92 Å². The maximum Gasteiger partial charge on any atom is 0.309 e. The Morgan fingerprint density at radius 2 is 2.00 bits per heavy atom. The van der Waals surface area contributed by atoms with Crippen LogP contribution >= 0.6 is 0 Å². The van der Waals surface area contributed by atoms with Gasteiger partial charge in [-0.3, -0.25) is 4.79 Å². The summed E-state index contributed by atoms with van der Waals surface area (Å²) in [4.78, 5) is 11.6. The summed E-state index contributed by atoms with van der Waals surface area (Å²) in [7, 11) is 0. The number of ether oxygens (including phenoxy) is 1. The van der Waals surface area contributed by atoms with E-state index in [2.05, 4.69) is 19.1 Å². The van der Waals surface area contributed by atoms with Crippen LogP contribution in [0, 0.1) is 11.8 Å². The van der Waals surface area contributed by atoms with Gasteiger partial charge >= 0.3 is 5.97 Å².